The van der Waals surface area contributed by atoms with Gasteiger partial charge in [0, 0.05) is 29.3 Å². The zero-order valence-corrected chi connectivity index (χ0v) is 25.0. The van der Waals surface area contributed by atoms with E-state index in [0.717, 1.165) is 48.7 Å². The second-order valence-corrected chi connectivity index (χ2v) is 12.1. The summed E-state index contributed by atoms with van der Waals surface area (Å²) in [4.78, 5) is 36.3. The van der Waals surface area contributed by atoms with E-state index in [1.165, 1.54) is 0 Å². The highest BCUT2D eigenvalue weighted by molar-refractivity contribution is 5.92. The Labute approximate surface area is 251 Å². The van der Waals surface area contributed by atoms with Gasteiger partial charge in [0.2, 0.25) is 0 Å². The molecule has 0 bridgehead atoms. The first-order valence-electron chi connectivity index (χ1n) is 14.9. The van der Waals surface area contributed by atoms with Crippen LogP contribution in [0.4, 0.5) is 10.5 Å². The van der Waals surface area contributed by atoms with Gasteiger partial charge >= 0.3 is 11.8 Å². The van der Waals surface area contributed by atoms with E-state index in [1.54, 1.807) is 22.8 Å². The van der Waals surface area contributed by atoms with Gasteiger partial charge in [-0.05, 0) is 94.3 Å². The number of amides is 1. The second kappa shape index (κ2) is 13.3. The minimum atomic E-state index is -0.449. The standard InChI is InChI=1S/C35H39N3O5/c1-35(2,3)37-27-14-16-28(17-15-27)42-33(40)36-30-18-12-24(21-29(30)26-10-5-4-6-11-26)9-7-8-20-38-31-19-13-25(23-39)22-32(31)43-34(38)41/h4-7,9-13,18-19,21-23,27-28,37H,8,14-17,20H2,1-3H3,(H,36,40)/t27-,28-. The molecule has 1 aliphatic carbocycles. The predicted octanol–water partition coefficient (Wildman–Crippen LogP) is 7.43. The lowest BCUT2D eigenvalue weighted by atomic mass is 9.91. The van der Waals surface area contributed by atoms with Crippen LogP contribution in [0.25, 0.3) is 28.3 Å². The number of rotatable bonds is 9. The zero-order chi connectivity index (χ0) is 30.4. The van der Waals surface area contributed by atoms with Gasteiger partial charge in [0.15, 0.2) is 5.58 Å². The van der Waals surface area contributed by atoms with Crippen molar-refractivity contribution in [1.29, 1.82) is 0 Å². The molecule has 0 saturated heterocycles. The van der Waals surface area contributed by atoms with Crippen molar-refractivity contribution in [3.63, 3.8) is 0 Å². The van der Waals surface area contributed by atoms with Gasteiger partial charge in [-0.2, -0.15) is 0 Å². The Morgan fingerprint density at radius 1 is 1.00 bits per heavy atom. The SMILES string of the molecule is CC(C)(C)N[C@H]1CC[C@H](OC(=O)Nc2ccc(C=CCCn3c(=O)oc4cc(C=O)ccc43)cc2-c2ccccc2)CC1. The Hall–Kier alpha value is -4.43. The number of aromatic nitrogens is 1. The molecular weight excluding hydrogens is 542 g/mol. The number of allylic oxidation sites excluding steroid dienone is 1. The Kier molecular flexibility index (Phi) is 9.26. The number of benzene rings is 3. The van der Waals surface area contributed by atoms with Gasteiger partial charge in [-0.15, -0.1) is 0 Å². The first-order chi connectivity index (χ1) is 20.7. The monoisotopic (exact) mass is 581 g/mol. The largest absolute Gasteiger partial charge is 0.446 e. The topological polar surface area (TPSA) is 103 Å². The maximum Gasteiger partial charge on any atom is 0.419 e. The highest BCUT2D eigenvalue weighted by atomic mass is 16.6. The molecule has 3 aromatic carbocycles. The third-order valence-electron chi connectivity index (χ3n) is 7.61. The lowest BCUT2D eigenvalue weighted by Crippen LogP contribution is -2.46. The molecule has 0 unspecified atom stereocenters. The van der Waals surface area contributed by atoms with Crippen molar-refractivity contribution in [1.82, 2.24) is 9.88 Å². The van der Waals surface area contributed by atoms with Gasteiger partial charge < -0.3 is 14.5 Å². The van der Waals surface area contributed by atoms with E-state index in [0.29, 0.717) is 41.4 Å². The smallest absolute Gasteiger partial charge is 0.419 e. The van der Waals surface area contributed by atoms with Crippen LogP contribution >= 0.6 is 0 Å². The van der Waals surface area contributed by atoms with E-state index in [1.807, 2.05) is 60.7 Å². The molecule has 0 spiro atoms. The zero-order valence-electron chi connectivity index (χ0n) is 25.0. The summed E-state index contributed by atoms with van der Waals surface area (Å²) in [6.45, 7) is 6.96. The van der Waals surface area contributed by atoms with Crippen molar-refractivity contribution in [2.45, 2.75) is 77.1 Å². The van der Waals surface area contributed by atoms with E-state index in [4.69, 9.17) is 9.15 Å². The van der Waals surface area contributed by atoms with Crippen LogP contribution in [0.2, 0.25) is 0 Å². The van der Waals surface area contributed by atoms with E-state index < -0.39 is 11.8 Å². The third kappa shape index (κ3) is 7.90. The molecule has 1 saturated carbocycles. The number of anilines is 1. The normalized spacial score (nSPS) is 17.3. The maximum absolute atomic E-state index is 12.9. The Morgan fingerprint density at radius 2 is 1.74 bits per heavy atom. The molecule has 224 valence electrons. The molecule has 8 nitrogen and oxygen atoms in total. The number of nitrogens with one attached hydrogen (secondary N) is 2. The van der Waals surface area contributed by atoms with Crippen molar-refractivity contribution < 1.29 is 18.7 Å². The molecule has 1 heterocycles. The molecular formula is C35H39N3O5. The van der Waals surface area contributed by atoms with Crippen LogP contribution in [-0.2, 0) is 11.3 Å². The average Bonchev–Trinajstić information content (AvgIpc) is 3.30. The summed E-state index contributed by atoms with van der Waals surface area (Å²) < 4.78 is 12.7. The van der Waals surface area contributed by atoms with Crippen LogP contribution in [0, 0.1) is 0 Å². The molecule has 2 N–H and O–H groups in total. The van der Waals surface area contributed by atoms with Gasteiger partial charge in [-0.25, -0.2) is 9.59 Å². The molecule has 4 aromatic rings. The van der Waals surface area contributed by atoms with Crippen LogP contribution in [0.1, 0.15) is 68.8 Å². The summed E-state index contributed by atoms with van der Waals surface area (Å²) in [5.41, 5.74) is 5.11. The molecule has 0 aliphatic heterocycles. The molecule has 0 atom stereocenters. The first kappa shape index (κ1) is 30.0. The van der Waals surface area contributed by atoms with Gasteiger partial charge in [0.1, 0.15) is 12.4 Å². The molecule has 8 heteroatoms. The van der Waals surface area contributed by atoms with E-state index in [-0.39, 0.29) is 11.6 Å². The lowest BCUT2D eigenvalue weighted by molar-refractivity contribution is 0.0762. The number of carbonyl (C=O) groups is 2. The minimum absolute atomic E-state index is 0.0717. The van der Waals surface area contributed by atoms with E-state index in [2.05, 4.69) is 31.4 Å². The Bertz CT molecular complexity index is 1650. The quantitative estimate of drug-likeness (QED) is 0.199. The molecule has 0 radical (unpaired) electrons. The summed E-state index contributed by atoms with van der Waals surface area (Å²) in [6, 6.07) is 21.2. The average molecular weight is 582 g/mol. The number of hydrogen-bond donors (Lipinski definition) is 2. The van der Waals surface area contributed by atoms with Gasteiger partial charge in [-0.1, -0.05) is 48.6 Å². The third-order valence-corrected chi connectivity index (χ3v) is 7.61. The molecule has 1 fully saturated rings. The summed E-state index contributed by atoms with van der Waals surface area (Å²) in [5, 5.41) is 6.63. The number of aryl methyl sites for hydroxylation is 1. The molecule has 1 aromatic heterocycles. The van der Waals surface area contributed by atoms with Crippen molar-refractivity contribution in [2.24, 2.45) is 0 Å². The maximum atomic E-state index is 12.9. The molecule has 1 aliphatic rings. The fourth-order valence-electron chi connectivity index (χ4n) is 5.65. The van der Waals surface area contributed by atoms with Gasteiger partial charge in [0.05, 0.1) is 11.2 Å². The molecule has 5 rings (SSSR count). The van der Waals surface area contributed by atoms with Crippen molar-refractivity contribution in [2.75, 3.05) is 5.32 Å². The highest BCUT2D eigenvalue weighted by Gasteiger charge is 2.26. The van der Waals surface area contributed by atoms with Crippen LogP contribution in [0.15, 0.2) is 82.0 Å². The first-order valence-corrected chi connectivity index (χ1v) is 14.9. The number of oxazole rings is 1. The number of hydrogen-bond acceptors (Lipinski definition) is 6. The van der Waals surface area contributed by atoms with E-state index >= 15 is 0 Å². The minimum Gasteiger partial charge on any atom is -0.446 e. The van der Waals surface area contributed by atoms with Gasteiger partial charge in [-0.3, -0.25) is 14.7 Å². The van der Waals surface area contributed by atoms with E-state index in [9.17, 15) is 14.4 Å². The van der Waals surface area contributed by atoms with Crippen LogP contribution in [0.3, 0.4) is 0 Å². The number of nitrogens with zero attached hydrogens (tertiary/aromatic N) is 1. The van der Waals surface area contributed by atoms with Crippen molar-refractivity contribution >= 4 is 35.2 Å². The molecule has 43 heavy (non-hydrogen) atoms. The summed E-state index contributed by atoms with van der Waals surface area (Å²) in [5.74, 6) is -0.449. The summed E-state index contributed by atoms with van der Waals surface area (Å²) in [7, 11) is 0. The summed E-state index contributed by atoms with van der Waals surface area (Å²) >= 11 is 0. The van der Waals surface area contributed by atoms with Crippen LogP contribution in [0.5, 0.6) is 0 Å². The molecule has 1 amide bonds. The van der Waals surface area contributed by atoms with Crippen molar-refractivity contribution in [3.05, 3.63) is 94.5 Å². The Balaban J connectivity index is 1.24. The Morgan fingerprint density at radius 3 is 2.47 bits per heavy atom. The highest BCUT2D eigenvalue weighted by Crippen LogP contribution is 2.31. The number of fused-ring (bicyclic) bond motifs is 1. The van der Waals surface area contributed by atoms with Crippen LogP contribution in [-0.4, -0.2) is 34.6 Å². The fourth-order valence-corrected chi connectivity index (χ4v) is 5.65. The number of ether oxygens (including phenoxy) is 1. The fraction of sp³-hybridized carbons (Fsp3) is 0.343. The van der Waals surface area contributed by atoms with Gasteiger partial charge in [0.25, 0.3) is 0 Å². The second-order valence-electron chi connectivity index (χ2n) is 12.1. The number of carbonyl (C=O) groups excluding carboxylic acids is 2. The summed E-state index contributed by atoms with van der Waals surface area (Å²) in [6.07, 6.45) is 8.45. The van der Waals surface area contributed by atoms with Crippen molar-refractivity contribution in [3.8, 4) is 11.1 Å². The van der Waals surface area contributed by atoms with Crippen LogP contribution < -0.4 is 16.4 Å². The predicted molar refractivity (Wildman–Crippen MR) is 170 cm³/mol. The lowest BCUT2D eigenvalue weighted by Gasteiger charge is -2.34. The number of aldehydes is 1.